The molecule has 3 rings (SSSR count). The summed E-state index contributed by atoms with van der Waals surface area (Å²) < 4.78 is 29.2. The highest BCUT2D eigenvalue weighted by Gasteiger charge is 2.12. The second-order valence-corrected chi connectivity index (χ2v) is 5.15. The van der Waals surface area contributed by atoms with E-state index in [0.717, 1.165) is 23.7 Å². The normalized spacial score (nSPS) is 11.2. The number of pyridine rings is 1. The second-order valence-electron chi connectivity index (χ2n) is 4.76. The molecule has 3 aromatic rings. The molecule has 0 saturated heterocycles. The van der Waals surface area contributed by atoms with E-state index in [2.05, 4.69) is 9.97 Å². The second kappa shape index (κ2) is 5.37. The van der Waals surface area contributed by atoms with E-state index in [4.69, 9.17) is 12.2 Å². The maximum absolute atomic E-state index is 13.8. The SMILES string of the molecule is CCc1cccnc1Cn1c(=S)[nH]c2c(F)cc(F)cc21. The van der Waals surface area contributed by atoms with Gasteiger partial charge in [0.15, 0.2) is 10.6 Å². The number of benzene rings is 1. The molecule has 6 heteroatoms. The van der Waals surface area contributed by atoms with E-state index in [1.54, 1.807) is 10.8 Å². The number of aromatic amines is 1. The molecule has 0 amide bonds. The minimum absolute atomic E-state index is 0.218. The number of hydrogen-bond donors (Lipinski definition) is 1. The first-order valence-electron chi connectivity index (χ1n) is 6.60. The lowest BCUT2D eigenvalue weighted by molar-refractivity contribution is 0.590. The number of nitrogens with zero attached hydrogens (tertiary/aromatic N) is 2. The number of H-pyrrole nitrogens is 1. The average Bonchev–Trinajstić information content (AvgIpc) is 2.77. The summed E-state index contributed by atoms with van der Waals surface area (Å²) in [5.74, 6) is -1.27. The van der Waals surface area contributed by atoms with Crippen molar-refractivity contribution >= 4 is 23.3 Å². The Morgan fingerprint density at radius 2 is 2.14 bits per heavy atom. The van der Waals surface area contributed by atoms with Crippen LogP contribution in [0.2, 0.25) is 0 Å². The molecule has 0 aliphatic rings. The van der Waals surface area contributed by atoms with Crippen LogP contribution in [0, 0.1) is 16.4 Å². The zero-order valence-corrected chi connectivity index (χ0v) is 12.2. The molecular formula is C15H13F2N3S. The fourth-order valence-corrected chi connectivity index (χ4v) is 2.69. The van der Waals surface area contributed by atoms with Crippen molar-refractivity contribution in [1.82, 2.24) is 14.5 Å². The van der Waals surface area contributed by atoms with Crippen LogP contribution in [0.15, 0.2) is 30.5 Å². The Bertz CT molecular complexity index is 867. The van der Waals surface area contributed by atoms with Crippen LogP contribution >= 0.6 is 12.2 Å². The third-order valence-electron chi connectivity index (χ3n) is 3.48. The van der Waals surface area contributed by atoms with Gasteiger partial charge < -0.3 is 9.55 Å². The summed E-state index contributed by atoms with van der Waals surface area (Å²) in [6.45, 7) is 2.42. The molecule has 2 heterocycles. The van der Waals surface area contributed by atoms with Crippen molar-refractivity contribution in [2.45, 2.75) is 19.9 Å². The lowest BCUT2D eigenvalue weighted by Gasteiger charge is -2.08. The number of hydrogen-bond acceptors (Lipinski definition) is 2. The molecule has 0 aliphatic heterocycles. The van der Waals surface area contributed by atoms with Crippen molar-refractivity contribution in [3.05, 3.63) is 58.1 Å². The van der Waals surface area contributed by atoms with Crippen LogP contribution in [0.5, 0.6) is 0 Å². The van der Waals surface area contributed by atoms with E-state index in [0.29, 0.717) is 16.8 Å². The Morgan fingerprint density at radius 1 is 1.33 bits per heavy atom. The van der Waals surface area contributed by atoms with Gasteiger partial charge in [0.25, 0.3) is 0 Å². The van der Waals surface area contributed by atoms with Crippen LogP contribution in [0.4, 0.5) is 8.78 Å². The highest BCUT2D eigenvalue weighted by Crippen LogP contribution is 2.21. The number of fused-ring (bicyclic) bond motifs is 1. The van der Waals surface area contributed by atoms with Crippen molar-refractivity contribution in [3.8, 4) is 0 Å². The number of halogens is 2. The third kappa shape index (κ3) is 2.47. The highest BCUT2D eigenvalue weighted by atomic mass is 32.1. The minimum atomic E-state index is -0.647. The zero-order valence-electron chi connectivity index (χ0n) is 11.4. The molecule has 0 aliphatic carbocycles. The minimum Gasteiger partial charge on any atom is -0.328 e. The largest absolute Gasteiger partial charge is 0.328 e. The predicted molar refractivity (Wildman–Crippen MR) is 79.8 cm³/mol. The van der Waals surface area contributed by atoms with E-state index in [9.17, 15) is 8.78 Å². The molecule has 0 unspecified atom stereocenters. The van der Waals surface area contributed by atoms with Crippen molar-refractivity contribution in [3.63, 3.8) is 0 Å². The van der Waals surface area contributed by atoms with Gasteiger partial charge in [-0.05, 0) is 36.3 Å². The van der Waals surface area contributed by atoms with Crippen LogP contribution in [0.1, 0.15) is 18.2 Å². The van der Waals surface area contributed by atoms with Crippen LogP contribution < -0.4 is 0 Å². The molecule has 21 heavy (non-hydrogen) atoms. The molecule has 0 bridgehead atoms. The Kier molecular flexibility index (Phi) is 3.55. The summed E-state index contributed by atoms with van der Waals surface area (Å²) in [5, 5.41) is 0. The molecule has 0 saturated carbocycles. The average molecular weight is 305 g/mol. The van der Waals surface area contributed by atoms with E-state index in [1.165, 1.54) is 6.07 Å². The first-order chi connectivity index (χ1) is 10.1. The Morgan fingerprint density at radius 3 is 2.90 bits per heavy atom. The summed E-state index contributed by atoms with van der Waals surface area (Å²) in [7, 11) is 0. The van der Waals surface area contributed by atoms with Gasteiger partial charge in [0.2, 0.25) is 0 Å². The van der Waals surface area contributed by atoms with Crippen LogP contribution in [0.3, 0.4) is 0 Å². The monoisotopic (exact) mass is 305 g/mol. The molecule has 2 aromatic heterocycles. The maximum Gasteiger partial charge on any atom is 0.178 e. The topological polar surface area (TPSA) is 33.6 Å². The van der Waals surface area contributed by atoms with Crippen LogP contribution in [0.25, 0.3) is 11.0 Å². The number of imidazole rings is 1. The molecular weight excluding hydrogens is 292 g/mol. The van der Waals surface area contributed by atoms with Crippen molar-refractivity contribution < 1.29 is 8.78 Å². The van der Waals surface area contributed by atoms with Crippen molar-refractivity contribution in [1.29, 1.82) is 0 Å². The van der Waals surface area contributed by atoms with Crippen molar-refractivity contribution in [2.24, 2.45) is 0 Å². The summed E-state index contributed by atoms with van der Waals surface area (Å²) in [4.78, 5) is 7.14. The molecule has 0 spiro atoms. The Labute approximate surface area is 125 Å². The van der Waals surface area contributed by atoms with E-state index in [1.807, 2.05) is 19.1 Å². The van der Waals surface area contributed by atoms with Crippen LogP contribution in [-0.4, -0.2) is 14.5 Å². The maximum atomic E-state index is 13.8. The van der Waals surface area contributed by atoms with Crippen molar-refractivity contribution in [2.75, 3.05) is 0 Å². The predicted octanol–water partition coefficient (Wildman–Crippen LogP) is 3.98. The number of aromatic nitrogens is 3. The highest BCUT2D eigenvalue weighted by molar-refractivity contribution is 7.71. The third-order valence-corrected chi connectivity index (χ3v) is 3.80. The quantitative estimate of drug-likeness (QED) is 0.743. The molecule has 0 radical (unpaired) electrons. The van der Waals surface area contributed by atoms with Gasteiger partial charge in [0.05, 0.1) is 17.8 Å². The summed E-state index contributed by atoms with van der Waals surface area (Å²) >= 11 is 5.23. The van der Waals surface area contributed by atoms with Gasteiger partial charge in [-0.15, -0.1) is 0 Å². The number of rotatable bonds is 3. The molecule has 0 fully saturated rings. The summed E-state index contributed by atoms with van der Waals surface area (Å²) in [5.41, 5.74) is 2.56. The standard InChI is InChI=1S/C15H13F2N3S/c1-2-9-4-3-5-18-12(9)8-20-13-7-10(16)6-11(17)14(13)19-15(20)21/h3-7H,2,8H2,1H3,(H,19,21). The fourth-order valence-electron chi connectivity index (χ4n) is 2.42. The van der Waals surface area contributed by atoms with Crippen LogP contribution in [-0.2, 0) is 13.0 Å². The molecule has 108 valence electrons. The van der Waals surface area contributed by atoms with Gasteiger partial charge >= 0.3 is 0 Å². The smallest absolute Gasteiger partial charge is 0.178 e. The first kappa shape index (κ1) is 13.9. The molecule has 3 nitrogen and oxygen atoms in total. The first-order valence-corrected chi connectivity index (χ1v) is 7.01. The van der Waals surface area contributed by atoms with E-state index >= 15 is 0 Å². The van der Waals surface area contributed by atoms with E-state index < -0.39 is 11.6 Å². The Balaban J connectivity index is 2.17. The van der Waals surface area contributed by atoms with Gasteiger partial charge in [0, 0.05) is 12.3 Å². The van der Waals surface area contributed by atoms with Gasteiger partial charge in [-0.2, -0.15) is 0 Å². The lowest BCUT2D eigenvalue weighted by atomic mass is 10.1. The van der Waals surface area contributed by atoms with E-state index in [-0.39, 0.29) is 5.52 Å². The van der Waals surface area contributed by atoms with Gasteiger partial charge in [-0.3, -0.25) is 4.98 Å². The molecule has 0 atom stereocenters. The summed E-state index contributed by atoms with van der Waals surface area (Å²) in [6.07, 6.45) is 2.54. The zero-order chi connectivity index (χ0) is 15.0. The summed E-state index contributed by atoms with van der Waals surface area (Å²) in [6, 6.07) is 5.98. The Hall–Kier alpha value is -2.08. The van der Waals surface area contributed by atoms with Gasteiger partial charge in [-0.25, -0.2) is 8.78 Å². The molecule has 1 aromatic carbocycles. The van der Waals surface area contributed by atoms with Gasteiger partial charge in [0.1, 0.15) is 11.3 Å². The number of aryl methyl sites for hydroxylation is 1. The molecule has 1 N–H and O–H groups in total. The lowest BCUT2D eigenvalue weighted by Crippen LogP contribution is -2.05. The number of nitrogens with one attached hydrogen (secondary N) is 1. The fraction of sp³-hybridized carbons (Fsp3) is 0.200. The van der Waals surface area contributed by atoms with Gasteiger partial charge in [-0.1, -0.05) is 13.0 Å².